The van der Waals surface area contributed by atoms with Crippen molar-refractivity contribution in [3.8, 4) is 0 Å². The Morgan fingerprint density at radius 2 is 2.00 bits per heavy atom. The van der Waals surface area contributed by atoms with Gasteiger partial charge in [-0.2, -0.15) is 0 Å². The quantitative estimate of drug-likeness (QED) is 0.139. The first-order valence-corrected chi connectivity index (χ1v) is 3.85. The summed E-state index contributed by atoms with van der Waals surface area (Å²) < 4.78 is 30.3. The maximum atomic E-state index is 10.5. The Morgan fingerprint density at radius 3 is 2.25 bits per heavy atom. The van der Waals surface area contributed by atoms with Gasteiger partial charge in [0.25, 0.3) is 5.91 Å². The molecule has 1 rings (SSSR count). The number of amides is 1. The van der Waals surface area contributed by atoms with Crippen molar-refractivity contribution in [2.24, 2.45) is 0 Å². The van der Waals surface area contributed by atoms with Gasteiger partial charge >= 0.3 is 29.6 Å². The summed E-state index contributed by atoms with van der Waals surface area (Å²) in [6, 6.07) is 0. The van der Waals surface area contributed by atoms with Gasteiger partial charge in [-0.15, -0.1) is 0 Å². The normalized spacial score (nSPS) is 16.2. The minimum Gasteiger partial charge on any atom is -0.731 e. The number of hydrogen-bond donors (Lipinski definition) is 0. The third kappa shape index (κ3) is 1.95. The average molecular weight is 199 g/mol. The zero-order chi connectivity index (χ0) is 8.65. The van der Waals surface area contributed by atoms with Crippen LogP contribution in [0.5, 0.6) is 0 Å². The molecule has 0 aliphatic carbocycles. The van der Waals surface area contributed by atoms with Gasteiger partial charge in [0.2, 0.25) is 0 Å². The third-order valence-corrected chi connectivity index (χ3v) is 2.01. The van der Waals surface area contributed by atoms with Gasteiger partial charge < -0.3 is 4.55 Å². The van der Waals surface area contributed by atoms with Crippen molar-refractivity contribution in [1.82, 2.24) is 4.31 Å². The van der Waals surface area contributed by atoms with E-state index in [9.17, 15) is 22.6 Å². The van der Waals surface area contributed by atoms with Gasteiger partial charge in [0.1, 0.15) is 11.5 Å². The maximum absolute atomic E-state index is 10.5. The van der Waals surface area contributed by atoms with Gasteiger partial charge in [-0.3, -0.25) is 4.79 Å². The second kappa shape index (κ2) is 3.69. The topological polar surface area (TPSA) is 94.6 Å². The molecule has 1 amide bonds. The van der Waals surface area contributed by atoms with Crippen LogP contribution in [0.2, 0.25) is 0 Å². The molecule has 0 atom stereocenters. The summed E-state index contributed by atoms with van der Waals surface area (Å²) in [6.45, 7) is -0.450. The first-order valence-electron chi connectivity index (χ1n) is 2.48. The molecule has 0 radical (unpaired) electrons. The summed E-state index contributed by atoms with van der Waals surface area (Å²) in [6.07, 6.45) is 0. The number of carbonyl (C=O) groups excluding carboxylic acids is 2. The van der Waals surface area contributed by atoms with Crippen molar-refractivity contribution in [3.05, 3.63) is 5.57 Å². The van der Waals surface area contributed by atoms with E-state index < -0.39 is 22.8 Å². The molecular formula is C4H2NNaO5S. The molecular weight excluding hydrogens is 197 g/mol. The molecule has 0 aromatic heterocycles. The smallest absolute Gasteiger partial charge is 0.731 e. The van der Waals surface area contributed by atoms with E-state index in [1.54, 1.807) is 0 Å². The van der Waals surface area contributed by atoms with Crippen molar-refractivity contribution in [1.29, 1.82) is 0 Å². The molecule has 1 aliphatic rings. The summed E-state index contributed by atoms with van der Waals surface area (Å²) in [7, 11) is -4.72. The number of carbonyl (C=O) groups is 1. The first-order chi connectivity index (χ1) is 4.96. The van der Waals surface area contributed by atoms with Gasteiger partial charge in [0.05, 0.1) is 6.54 Å². The van der Waals surface area contributed by atoms with Gasteiger partial charge in [0, 0.05) is 0 Å². The van der Waals surface area contributed by atoms with Crippen LogP contribution in [0.15, 0.2) is 5.57 Å². The van der Waals surface area contributed by atoms with Gasteiger partial charge in [-0.05, 0) is 0 Å². The van der Waals surface area contributed by atoms with Crippen molar-refractivity contribution in [3.63, 3.8) is 0 Å². The molecule has 8 heteroatoms. The van der Waals surface area contributed by atoms with Gasteiger partial charge in [-0.1, -0.05) is 0 Å². The molecule has 0 N–H and O–H groups in total. The van der Waals surface area contributed by atoms with E-state index >= 15 is 0 Å². The fraction of sp³-hybridized carbons (Fsp3) is 0.250. The summed E-state index contributed by atoms with van der Waals surface area (Å²) in [4.78, 5) is 20.3. The predicted molar refractivity (Wildman–Crippen MR) is 30.6 cm³/mol. The van der Waals surface area contributed by atoms with Crippen molar-refractivity contribution < 1.29 is 52.1 Å². The first kappa shape index (κ1) is 11.8. The summed E-state index contributed by atoms with van der Waals surface area (Å²) in [5.74, 6) is 0.151. The van der Waals surface area contributed by atoms with Crippen LogP contribution in [0.3, 0.4) is 0 Å². The fourth-order valence-corrected chi connectivity index (χ4v) is 1.20. The number of nitrogens with zero attached hydrogens (tertiary/aromatic N) is 1. The largest absolute Gasteiger partial charge is 1.00 e. The van der Waals surface area contributed by atoms with E-state index in [4.69, 9.17) is 0 Å². The van der Waals surface area contributed by atoms with E-state index in [0.29, 0.717) is 0 Å². The Morgan fingerprint density at radius 1 is 1.50 bits per heavy atom. The SMILES string of the molecule is O=C=C1CN(S(=O)(=O)[O-])C1=O.[Na+]. The molecule has 60 valence electrons. The second-order valence-corrected chi connectivity index (χ2v) is 3.15. The van der Waals surface area contributed by atoms with Crippen LogP contribution in [0.4, 0.5) is 0 Å². The molecule has 1 heterocycles. The van der Waals surface area contributed by atoms with Crippen LogP contribution in [-0.2, 0) is 19.9 Å². The molecule has 6 nitrogen and oxygen atoms in total. The summed E-state index contributed by atoms with van der Waals surface area (Å²) in [5.41, 5.74) is -0.315. The Labute approximate surface area is 90.4 Å². The van der Waals surface area contributed by atoms with E-state index in [1.807, 2.05) is 0 Å². The second-order valence-electron chi connectivity index (χ2n) is 1.85. The molecule has 0 saturated carbocycles. The van der Waals surface area contributed by atoms with Crippen LogP contribution in [0.1, 0.15) is 0 Å². The number of rotatable bonds is 1. The van der Waals surface area contributed by atoms with Crippen molar-refractivity contribution in [2.75, 3.05) is 6.54 Å². The third-order valence-electron chi connectivity index (χ3n) is 1.18. The van der Waals surface area contributed by atoms with Crippen molar-refractivity contribution >= 4 is 22.2 Å². The molecule has 0 bridgehead atoms. The predicted octanol–water partition coefficient (Wildman–Crippen LogP) is -4.95. The maximum Gasteiger partial charge on any atom is 1.00 e. The molecule has 1 saturated heterocycles. The van der Waals surface area contributed by atoms with Crippen LogP contribution < -0.4 is 29.6 Å². The molecule has 0 aromatic rings. The Hall–Kier alpha value is -0.170. The molecule has 0 spiro atoms. The minimum absolute atomic E-state index is 0. The Balaban J connectivity index is 0.00000121. The van der Waals surface area contributed by atoms with Crippen LogP contribution in [0.25, 0.3) is 0 Å². The fourth-order valence-electron chi connectivity index (χ4n) is 0.599. The van der Waals surface area contributed by atoms with E-state index in [0.717, 1.165) is 0 Å². The van der Waals surface area contributed by atoms with E-state index in [2.05, 4.69) is 0 Å². The zero-order valence-corrected chi connectivity index (χ0v) is 8.92. The average Bonchev–Trinajstić information content (AvgIpc) is 1.83. The van der Waals surface area contributed by atoms with E-state index in [1.165, 1.54) is 5.94 Å². The van der Waals surface area contributed by atoms with Crippen LogP contribution in [0, 0.1) is 0 Å². The van der Waals surface area contributed by atoms with E-state index in [-0.39, 0.29) is 39.4 Å². The number of hydrogen-bond acceptors (Lipinski definition) is 5. The Bertz CT molecular complexity index is 354. The molecule has 0 aromatic carbocycles. The zero-order valence-electron chi connectivity index (χ0n) is 6.10. The molecule has 0 unspecified atom stereocenters. The van der Waals surface area contributed by atoms with Crippen LogP contribution in [-0.4, -0.2) is 35.7 Å². The summed E-state index contributed by atoms with van der Waals surface area (Å²) >= 11 is 0. The standard InChI is InChI=1S/C4H3NO5S.Na/c6-2-3-1-5(4(3)7)11(8,9)10;/h1H2,(H,8,9,10);/q;+1/p-1. The molecule has 1 fully saturated rings. The Kier molecular flexibility index (Phi) is 3.64. The van der Waals surface area contributed by atoms with Gasteiger partial charge in [-0.25, -0.2) is 17.5 Å². The summed E-state index contributed by atoms with van der Waals surface area (Å²) in [5, 5.41) is 0. The molecule has 12 heavy (non-hydrogen) atoms. The van der Waals surface area contributed by atoms with Gasteiger partial charge in [0.15, 0.2) is 10.3 Å². The van der Waals surface area contributed by atoms with Crippen molar-refractivity contribution in [2.45, 2.75) is 0 Å². The monoisotopic (exact) mass is 199 g/mol. The minimum atomic E-state index is -4.72. The molecule has 1 aliphatic heterocycles. The number of β-lactam (4-membered cyclic amide) rings is 1. The van der Waals surface area contributed by atoms with Crippen LogP contribution >= 0.6 is 0 Å².